The Morgan fingerprint density at radius 3 is 2.54 bits per heavy atom. The highest BCUT2D eigenvalue weighted by Gasteiger charge is 2.49. The van der Waals surface area contributed by atoms with Gasteiger partial charge in [0.15, 0.2) is 5.69 Å². The lowest BCUT2D eigenvalue weighted by atomic mass is 9.71. The molecule has 1 aliphatic heterocycles. The molecule has 2 N–H and O–H groups in total. The molecule has 3 rings (SSSR count). The molecule has 1 amide bonds. The Balaban J connectivity index is 1.79. The molecule has 1 fully saturated rings. The molecule has 0 bridgehead atoms. The summed E-state index contributed by atoms with van der Waals surface area (Å²) in [6.45, 7) is 2.10. The summed E-state index contributed by atoms with van der Waals surface area (Å²) in [4.78, 5) is 26.1. The Labute approximate surface area is 151 Å². The van der Waals surface area contributed by atoms with E-state index in [0.29, 0.717) is 5.69 Å². The van der Waals surface area contributed by atoms with Crippen LogP contribution in [0.4, 0.5) is 0 Å². The third kappa shape index (κ3) is 3.22. The van der Waals surface area contributed by atoms with Crippen molar-refractivity contribution in [3.05, 3.63) is 53.3 Å². The summed E-state index contributed by atoms with van der Waals surface area (Å²) in [5, 5.41) is 24.7. The molecule has 1 aromatic heterocycles. The molecule has 7 heteroatoms. The van der Waals surface area contributed by atoms with Crippen LogP contribution in [-0.4, -0.2) is 56.0 Å². The van der Waals surface area contributed by atoms with E-state index in [1.54, 1.807) is 17.8 Å². The number of amides is 1. The SMILES string of the molecule is Cc1cc(C(=O)N2CC[C@](Cc3ccccc3)(C(=O)O)[C@H](O)C2)nn1C. The number of aromatic nitrogens is 2. The zero-order chi connectivity index (χ0) is 18.9. The first-order valence-electron chi connectivity index (χ1n) is 8.59. The van der Waals surface area contributed by atoms with E-state index in [9.17, 15) is 19.8 Å². The van der Waals surface area contributed by atoms with Gasteiger partial charge in [-0.25, -0.2) is 0 Å². The lowest BCUT2D eigenvalue weighted by Crippen LogP contribution is -2.57. The number of aliphatic hydroxyl groups is 1. The molecule has 0 spiro atoms. The number of rotatable bonds is 4. The van der Waals surface area contributed by atoms with Crippen molar-refractivity contribution in [1.82, 2.24) is 14.7 Å². The molecule has 0 aliphatic carbocycles. The van der Waals surface area contributed by atoms with Gasteiger partial charge in [0.05, 0.1) is 6.10 Å². The molecule has 2 heterocycles. The van der Waals surface area contributed by atoms with Crippen molar-refractivity contribution in [3.8, 4) is 0 Å². The van der Waals surface area contributed by atoms with E-state index in [-0.39, 0.29) is 31.8 Å². The van der Waals surface area contributed by atoms with E-state index >= 15 is 0 Å². The number of aliphatic carboxylic acids is 1. The number of hydrogen-bond acceptors (Lipinski definition) is 4. The average Bonchev–Trinajstić information content (AvgIpc) is 2.95. The Morgan fingerprint density at radius 1 is 1.31 bits per heavy atom. The summed E-state index contributed by atoms with van der Waals surface area (Å²) >= 11 is 0. The first kappa shape index (κ1) is 18.1. The molecule has 26 heavy (non-hydrogen) atoms. The molecule has 138 valence electrons. The van der Waals surface area contributed by atoms with Crippen LogP contribution in [-0.2, 0) is 18.3 Å². The van der Waals surface area contributed by atoms with Gasteiger partial charge in [-0.3, -0.25) is 14.3 Å². The van der Waals surface area contributed by atoms with Crippen LogP contribution >= 0.6 is 0 Å². The fraction of sp³-hybridized carbons (Fsp3) is 0.421. The van der Waals surface area contributed by atoms with Crippen molar-refractivity contribution < 1.29 is 19.8 Å². The molecule has 0 radical (unpaired) electrons. The van der Waals surface area contributed by atoms with Gasteiger partial charge in [0, 0.05) is 25.8 Å². The zero-order valence-corrected chi connectivity index (χ0v) is 14.9. The summed E-state index contributed by atoms with van der Waals surface area (Å²) in [6, 6.07) is 11.0. The number of aliphatic hydroxyl groups excluding tert-OH is 1. The highest BCUT2D eigenvalue weighted by molar-refractivity contribution is 5.92. The lowest BCUT2D eigenvalue weighted by Gasteiger charge is -2.42. The van der Waals surface area contributed by atoms with E-state index in [0.717, 1.165) is 11.3 Å². The number of β-amino-alcohol motifs (C(OH)–C–C–N with tert-alkyl or cyclic N) is 1. The normalized spacial score (nSPS) is 23.0. The Kier molecular flexibility index (Phi) is 4.82. The standard InChI is InChI=1S/C19H23N3O4/c1-13-10-15(20-21(13)2)17(24)22-9-8-19(18(25)26,16(23)12-22)11-14-6-4-3-5-7-14/h3-7,10,16,23H,8-9,11-12H2,1-2H3,(H,25,26)/t16-,19-/m1/s1. The second-order valence-electron chi connectivity index (χ2n) is 6.94. The van der Waals surface area contributed by atoms with Crippen LogP contribution in [0.1, 0.15) is 28.2 Å². The number of carboxylic acid groups (broad SMARTS) is 1. The summed E-state index contributed by atoms with van der Waals surface area (Å²) in [5.74, 6) is -1.32. The fourth-order valence-corrected chi connectivity index (χ4v) is 3.48. The van der Waals surface area contributed by atoms with Gasteiger partial charge < -0.3 is 15.1 Å². The van der Waals surface area contributed by atoms with Gasteiger partial charge >= 0.3 is 5.97 Å². The molecule has 2 atom stereocenters. The van der Waals surface area contributed by atoms with E-state index in [2.05, 4.69) is 5.10 Å². The molecule has 1 aliphatic rings. The monoisotopic (exact) mass is 357 g/mol. The van der Waals surface area contributed by atoms with Crippen LogP contribution < -0.4 is 0 Å². The molecular formula is C19H23N3O4. The Morgan fingerprint density at radius 2 is 2.00 bits per heavy atom. The quantitative estimate of drug-likeness (QED) is 0.859. The number of carboxylic acids is 1. The van der Waals surface area contributed by atoms with Crippen molar-refractivity contribution >= 4 is 11.9 Å². The molecule has 0 unspecified atom stereocenters. The van der Waals surface area contributed by atoms with Crippen LogP contribution in [0.5, 0.6) is 0 Å². The number of likely N-dealkylation sites (tertiary alicyclic amines) is 1. The summed E-state index contributed by atoms with van der Waals surface area (Å²) < 4.78 is 1.62. The zero-order valence-electron chi connectivity index (χ0n) is 14.9. The molecular weight excluding hydrogens is 334 g/mol. The minimum absolute atomic E-state index is 0.0202. The van der Waals surface area contributed by atoms with Crippen molar-refractivity contribution in [2.45, 2.75) is 25.9 Å². The number of hydrogen-bond donors (Lipinski definition) is 2. The van der Waals surface area contributed by atoms with E-state index in [4.69, 9.17) is 0 Å². The highest BCUT2D eigenvalue weighted by Crippen LogP contribution is 2.36. The van der Waals surface area contributed by atoms with Crippen LogP contribution in [0.2, 0.25) is 0 Å². The summed E-state index contributed by atoms with van der Waals surface area (Å²) in [7, 11) is 1.76. The molecule has 2 aromatic rings. The maximum atomic E-state index is 12.6. The number of aryl methyl sites for hydroxylation is 2. The largest absolute Gasteiger partial charge is 0.481 e. The van der Waals surface area contributed by atoms with Gasteiger partial charge in [0.1, 0.15) is 5.41 Å². The summed E-state index contributed by atoms with van der Waals surface area (Å²) in [6.07, 6.45) is -0.729. The van der Waals surface area contributed by atoms with Crippen LogP contribution in [0.3, 0.4) is 0 Å². The number of carbonyl (C=O) groups is 2. The van der Waals surface area contributed by atoms with Gasteiger partial charge in [-0.15, -0.1) is 0 Å². The Bertz CT molecular complexity index is 798. The number of piperidine rings is 1. The van der Waals surface area contributed by atoms with E-state index < -0.39 is 17.5 Å². The second kappa shape index (κ2) is 6.92. The van der Waals surface area contributed by atoms with Gasteiger partial charge in [0.25, 0.3) is 5.91 Å². The van der Waals surface area contributed by atoms with Crippen LogP contribution in [0.15, 0.2) is 36.4 Å². The second-order valence-corrected chi connectivity index (χ2v) is 6.94. The molecule has 1 saturated heterocycles. The molecule has 1 aromatic carbocycles. The smallest absolute Gasteiger partial charge is 0.312 e. The summed E-state index contributed by atoms with van der Waals surface area (Å²) in [5.41, 5.74) is 0.727. The fourth-order valence-electron chi connectivity index (χ4n) is 3.48. The van der Waals surface area contributed by atoms with Crippen LogP contribution in [0.25, 0.3) is 0 Å². The first-order chi connectivity index (χ1) is 12.3. The molecule has 0 saturated carbocycles. The maximum Gasteiger partial charge on any atom is 0.312 e. The third-order valence-corrected chi connectivity index (χ3v) is 5.27. The topological polar surface area (TPSA) is 95.7 Å². The van der Waals surface area contributed by atoms with Crippen LogP contribution in [0, 0.1) is 12.3 Å². The number of carbonyl (C=O) groups excluding carboxylic acids is 1. The average molecular weight is 357 g/mol. The van der Waals surface area contributed by atoms with E-state index in [1.807, 2.05) is 37.3 Å². The Hall–Kier alpha value is -2.67. The van der Waals surface area contributed by atoms with Gasteiger partial charge in [-0.05, 0) is 31.4 Å². The minimum atomic E-state index is -1.29. The minimum Gasteiger partial charge on any atom is -0.481 e. The predicted octanol–water partition coefficient (Wildman–Crippen LogP) is 1.25. The van der Waals surface area contributed by atoms with E-state index in [1.165, 1.54) is 4.90 Å². The molecule has 7 nitrogen and oxygen atoms in total. The van der Waals surface area contributed by atoms with Gasteiger partial charge in [0.2, 0.25) is 0 Å². The number of benzene rings is 1. The van der Waals surface area contributed by atoms with Crippen molar-refractivity contribution in [1.29, 1.82) is 0 Å². The first-order valence-corrected chi connectivity index (χ1v) is 8.59. The van der Waals surface area contributed by atoms with Crippen molar-refractivity contribution in [2.75, 3.05) is 13.1 Å². The van der Waals surface area contributed by atoms with Crippen molar-refractivity contribution in [3.63, 3.8) is 0 Å². The van der Waals surface area contributed by atoms with Crippen molar-refractivity contribution in [2.24, 2.45) is 12.5 Å². The van der Waals surface area contributed by atoms with Gasteiger partial charge in [-0.1, -0.05) is 30.3 Å². The lowest BCUT2D eigenvalue weighted by molar-refractivity contribution is -0.161. The highest BCUT2D eigenvalue weighted by atomic mass is 16.4. The van der Waals surface area contributed by atoms with Gasteiger partial charge in [-0.2, -0.15) is 5.10 Å². The predicted molar refractivity (Wildman–Crippen MR) is 94.7 cm³/mol. The number of nitrogens with zero attached hydrogens (tertiary/aromatic N) is 3. The maximum absolute atomic E-state index is 12.6. The third-order valence-electron chi connectivity index (χ3n) is 5.27.